The lowest BCUT2D eigenvalue weighted by Crippen LogP contribution is -2.38. The second-order valence-corrected chi connectivity index (χ2v) is 7.65. The van der Waals surface area contributed by atoms with Crippen LogP contribution in [0.25, 0.3) is 0 Å². The van der Waals surface area contributed by atoms with Crippen LogP contribution in [0.4, 0.5) is 0 Å². The summed E-state index contributed by atoms with van der Waals surface area (Å²) in [4.78, 5) is 29.8. The van der Waals surface area contributed by atoms with E-state index >= 15 is 0 Å². The highest BCUT2D eigenvalue weighted by atomic mass is 16.5. The van der Waals surface area contributed by atoms with E-state index in [0.717, 1.165) is 43.7 Å². The molecule has 2 amide bonds. The van der Waals surface area contributed by atoms with Crippen molar-refractivity contribution in [3.63, 3.8) is 0 Å². The normalized spacial score (nSPS) is 25.8. The minimum absolute atomic E-state index is 0.102. The first kappa shape index (κ1) is 18.7. The van der Waals surface area contributed by atoms with Gasteiger partial charge < -0.3 is 14.5 Å². The monoisotopic (exact) mass is 358 g/mol. The number of likely N-dealkylation sites (tertiary alicyclic amines) is 2. The standard InChI is InChI=1S/C21H30N2O3/c1-4-5-11-23-19(24)13-18(21(25)22-12-10-15(2)14-22)20(23)16-6-8-17(26-3)9-7-16/h6-9,15,18,20H,4-5,10-14H2,1-3H3. The van der Waals surface area contributed by atoms with Gasteiger partial charge in [0.2, 0.25) is 11.8 Å². The molecule has 0 bridgehead atoms. The van der Waals surface area contributed by atoms with Crippen molar-refractivity contribution in [3.05, 3.63) is 29.8 Å². The molecule has 2 aliphatic heterocycles. The molecule has 5 nitrogen and oxygen atoms in total. The molecule has 2 saturated heterocycles. The highest BCUT2D eigenvalue weighted by molar-refractivity contribution is 5.90. The Balaban J connectivity index is 1.87. The van der Waals surface area contributed by atoms with Gasteiger partial charge in [-0.2, -0.15) is 0 Å². The second kappa shape index (κ2) is 8.11. The summed E-state index contributed by atoms with van der Waals surface area (Å²) >= 11 is 0. The molecule has 0 aromatic heterocycles. The Hall–Kier alpha value is -2.04. The van der Waals surface area contributed by atoms with Crippen LogP contribution in [0.3, 0.4) is 0 Å². The summed E-state index contributed by atoms with van der Waals surface area (Å²) in [6.07, 6.45) is 3.37. The molecule has 0 spiro atoms. The van der Waals surface area contributed by atoms with Gasteiger partial charge in [-0.1, -0.05) is 32.4 Å². The Morgan fingerprint density at radius 3 is 2.58 bits per heavy atom. The highest BCUT2D eigenvalue weighted by Crippen LogP contribution is 2.40. The first-order valence-corrected chi connectivity index (χ1v) is 9.77. The van der Waals surface area contributed by atoms with E-state index in [2.05, 4.69) is 13.8 Å². The number of benzene rings is 1. The Morgan fingerprint density at radius 1 is 1.27 bits per heavy atom. The largest absolute Gasteiger partial charge is 0.497 e. The maximum atomic E-state index is 13.2. The van der Waals surface area contributed by atoms with Gasteiger partial charge in [-0.25, -0.2) is 0 Å². The molecule has 2 aliphatic rings. The number of ether oxygens (including phenoxy) is 1. The number of hydrogen-bond donors (Lipinski definition) is 0. The van der Waals surface area contributed by atoms with Crippen molar-refractivity contribution in [1.82, 2.24) is 9.80 Å². The average Bonchev–Trinajstić information content (AvgIpc) is 3.23. The summed E-state index contributed by atoms with van der Waals surface area (Å²) < 4.78 is 5.26. The van der Waals surface area contributed by atoms with Gasteiger partial charge in [0.25, 0.3) is 0 Å². The summed E-state index contributed by atoms with van der Waals surface area (Å²) in [5.74, 6) is 1.30. The Morgan fingerprint density at radius 2 is 2.00 bits per heavy atom. The zero-order chi connectivity index (χ0) is 18.7. The molecule has 26 heavy (non-hydrogen) atoms. The third-order valence-electron chi connectivity index (χ3n) is 5.69. The number of hydrogen-bond acceptors (Lipinski definition) is 3. The number of nitrogens with zero attached hydrogens (tertiary/aromatic N) is 2. The maximum absolute atomic E-state index is 13.2. The Bertz CT molecular complexity index is 643. The van der Waals surface area contributed by atoms with E-state index < -0.39 is 0 Å². The third-order valence-corrected chi connectivity index (χ3v) is 5.69. The van der Waals surface area contributed by atoms with Gasteiger partial charge in [0, 0.05) is 26.1 Å². The fourth-order valence-electron chi connectivity index (χ4n) is 4.19. The first-order valence-electron chi connectivity index (χ1n) is 9.77. The number of unbranched alkanes of at least 4 members (excludes halogenated alkanes) is 1. The molecule has 0 aliphatic carbocycles. The van der Waals surface area contributed by atoms with E-state index in [9.17, 15) is 9.59 Å². The molecular weight excluding hydrogens is 328 g/mol. The number of amides is 2. The lowest BCUT2D eigenvalue weighted by molar-refractivity contribution is -0.135. The topological polar surface area (TPSA) is 49.9 Å². The van der Waals surface area contributed by atoms with Crippen LogP contribution < -0.4 is 4.74 Å². The van der Waals surface area contributed by atoms with Gasteiger partial charge in [-0.05, 0) is 36.5 Å². The van der Waals surface area contributed by atoms with Crippen molar-refractivity contribution < 1.29 is 14.3 Å². The number of rotatable bonds is 6. The molecular formula is C21H30N2O3. The third kappa shape index (κ3) is 3.71. The van der Waals surface area contributed by atoms with Crippen molar-refractivity contribution in [2.45, 2.75) is 45.6 Å². The fraction of sp³-hybridized carbons (Fsp3) is 0.619. The summed E-state index contributed by atoms with van der Waals surface area (Å²) in [5.41, 5.74) is 1.03. The Labute approximate surface area is 156 Å². The second-order valence-electron chi connectivity index (χ2n) is 7.65. The minimum Gasteiger partial charge on any atom is -0.497 e. The van der Waals surface area contributed by atoms with Crippen LogP contribution in [-0.2, 0) is 9.59 Å². The fourth-order valence-corrected chi connectivity index (χ4v) is 4.19. The van der Waals surface area contributed by atoms with Crippen LogP contribution >= 0.6 is 0 Å². The quantitative estimate of drug-likeness (QED) is 0.784. The van der Waals surface area contributed by atoms with Gasteiger partial charge >= 0.3 is 0 Å². The summed E-state index contributed by atoms with van der Waals surface area (Å²) in [6, 6.07) is 7.65. The van der Waals surface area contributed by atoms with E-state index in [1.165, 1.54) is 0 Å². The van der Waals surface area contributed by atoms with Gasteiger partial charge in [0.05, 0.1) is 19.1 Å². The molecule has 3 unspecified atom stereocenters. The number of carbonyl (C=O) groups excluding carboxylic acids is 2. The zero-order valence-corrected chi connectivity index (χ0v) is 16.1. The minimum atomic E-state index is -0.280. The highest BCUT2D eigenvalue weighted by Gasteiger charge is 2.46. The molecule has 0 saturated carbocycles. The van der Waals surface area contributed by atoms with Crippen LogP contribution in [0.2, 0.25) is 0 Å². The predicted octanol–water partition coefficient (Wildman–Crippen LogP) is 3.25. The lowest BCUT2D eigenvalue weighted by atomic mass is 9.92. The molecule has 1 aromatic rings. The van der Waals surface area contributed by atoms with E-state index in [-0.39, 0.29) is 23.8 Å². The average molecular weight is 358 g/mol. The van der Waals surface area contributed by atoms with Crippen molar-refractivity contribution in [2.24, 2.45) is 11.8 Å². The molecule has 3 rings (SSSR count). The van der Waals surface area contributed by atoms with Crippen molar-refractivity contribution >= 4 is 11.8 Å². The SMILES string of the molecule is CCCCN1C(=O)CC(C(=O)N2CCC(C)C2)C1c1ccc(OC)cc1. The number of carbonyl (C=O) groups is 2. The first-order chi connectivity index (χ1) is 12.5. The van der Waals surface area contributed by atoms with Crippen LogP contribution in [-0.4, -0.2) is 48.4 Å². The van der Waals surface area contributed by atoms with Gasteiger partial charge in [0.1, 0.15) is 5.75 Å². The van der Waals surface area contributed by atoms with E-state index in [1.54, 1.807) is 7.11 Å². The smallest absolute Gasteiger partial charge is 0.228 e. The van der Waals surface area contributed by atoms with Crippen LogP contribution in [0.15, 0.2) is 24.3 Å². The lowest BCUT2D eigenvalue weighted by Gasteiger charge is -2.30. The Kier molecular flexibility index (Phi) is 5.84. The van der Waals surface area contributed by atoms with E-state index in [0.29, 0.717) is 18.9 Å². The molecule has 2 fully saturated rings. The summed E-state index contributed by atoms with van der Waals surface area (Å²) in [5, 5.41) is 0. The van der Waals surface area contributed by atoms with Gasteiger partial charge in [-0.3, -0.25) is 9.59 Å². The predicted molar refractivity (Wildman–Crippen MR) is 101 cm³/mol. The van der Waals surface area contributed by atoms with Crippen molar-refractivity contribution in [2.75, 3.05) is 26.7 Å². The molecule has 0 N–H and O–H groups in total. The van der Waals surface area contributed by atoms with Crippen LogP contribution in [0.1, 0.15) is 51.1 Å². The van der Waals surface area contributed by atoms with E-state index in [4.69, 9.17) is 4.74 Å². The maximum Gasteiger partial charge on any atom is 0.228 e. The molecule has 1 aromatic carbocycles. The van der Waals surface area contributed by atoms with Crippen LogP contribution in [0.5, 0.6) is 5.75 Å². The summed E-state index contributed by atoms with van der Waals surface area (Å²) in [6.45, 7) is 6.65. The van der Waals surface area contributed by atoms with E-state index in [1.807, 2.05) is 34.1 Å². The van der Waals surface area contributed by atoms with Crippen LogP contribution in [0, 0.1) is 11.8 Å². The van der Waals surface area contributed by atoms with Crippen molar-refractivity contribution in [1.29, 1.82) is 0 Å². The van der Waals surface area contributed by atoms with Crippen molar-refractivity contribution in [3.8, 4) is 5.75 Å². The molecule has 142 valence electrons. The van der Waals surface area contributed by atoms with Gasteiger partial charge in [-0.15, -0.1) is 0 Å². The molecule has 0 radical (unpaired) electrons. The molecule has 2 heterocycles. The zero-order valence-electron chi connectivity index (χ0n) is 16.1. The number of methoxy groups -OCH3 is 1. The summed E-state index contributed by atoms with van der Waals surface area (Å²) in [7, 11) is 1.64. The van der Waals surface area contributed by atoms with Gasteiger partial charge in [0.15, 0.2) is 0 Å². The molecule has 3 atom stereocenters. The molecule has 5 heteroatoms.